The van der Waals surface area contributed by atoms with E-state index in [1.165, 1.54) is 36.2 Å². The molecule has 1 aromatic heterocycles. The van der Waals surface area contributed by atoms with Crippen LogP contribution in [-0.2, 0) is 6.42 Å². The molecule has 1 rings (SSSR count). The van der Waals surface area contributed by atoms with Crippen LogP contribution in [-0.4, -0.2) is 17.1 Å². The second-order valence-corrected chi connectivity index (χ2v) is 5.74. The average Bonchev–Trinajstić information content (AvgIpc) is 2.42. The Morgan fingerprint density at radius 1 is 1.19 bits per heavy atom. The molecule has 0 aliphatic carbocycles. The Morgan fingerprint density at radius 3 is 2.38 bits per heavy atom. The first-order chi connectivity index (χ1) is 7.38. The molecule has 0 spiro atoms. The summed E-state index contributed by atoms with van der Waals surface area (Å²) in [5.41, 5.74) is 4.34. The van der Waals surface area contributed by atoms with Crippen molar-refractivity contribution in [2.75, 3.05) is 6.54 Å². The molecule has 0 aliphatic rings. The quantitative estimate of drug-likeness (QED) is 0.735. The predicted molar refractivity (Wildman–Crippen MR) is 71.0 cm³/mol. The van der Waals surface area contributed by atoms with Crippen molar-refractivity contribution in [3.8, 4) is 0 Å². The predicted octanol–water partition coefficient (Wildman–Crippen LogP) is 3.34. The molecular weight excluding hydrogens is 196 g/mol. The fourth-order valence-electron chi connectivity index (χ4n) is 1.95. The molecular formula is C14H26N2. The second kappa shape index (κ2) is 5.53. The highest BCUT2D eigenvalue weighted by atomic mass is 14.9. The Kier molecular flexibility index (Phi) is 4.60. The van der Waals surface area contributed by atoms with Crippen LogP contribution in [0, 0.1) is 13.8 Å². The Bertz CT molecular complexity index is 318. The largest absolute Gasteiger partial charge is 0.362 e. The van der Waals surface area contributed by atoms with Gasteiger partial charge in [0.2, 0.25) is 0 Å². The van der Waals surface area contributed by atoms with Crippen molar-refractivity contribution in [3.05, 3.63) is 23.0 Å². The van der Waals surface area contributed by atoms with E-state index >= 15 is 0 Å². The summed E-state index contributed by atoms with van der Waals surface area (Å²) in [6.07, 6.45) is 3.71. The van der Waals surface area contributed by atoms with Gasteiger partial charge in [0.15, 0.2) is 0 Å². The van der Waals surface area contributed by atoms with E-state index in [4.69, 9.17) is 0 Å². The van der Waals surface area contributed by atoms with Gasteiger partial charge in [0.1, 0.15) is 0 Å². The van der Waals surface area contributed by atoms with Gasteiger partial charge in [-0.3, -0.25) is 0 Å². The highest BCUT2D eigenvalue weighted by Crippen LogP contribution is 2.12. The molecule has 0 radical (unpaired) electrons. The van der Waals surface area contributed by atoms with E-state index in [0.29, 0.717) is 0 Å². The van der Waals surface area contributed by atoms with Gasteiger partial charge in [-0.25, -0.2) is 0 Å². The van der Waals surface area contributed by atoms with E-state index in [0.717, 1.165) is 6.54 Å². The molecule has 0 aliphatic heterocycles. The normalized spacial score (nSPS) is 12.1. The third kappa shape index (κ3) is 4.84. The minimum Gasteiger partial charge on any atom is -0.362 e. The van der Waals surface area contributed by atoms with E-state index in [1.54, 1.807) is 0 Å². The van der Waals surface area contributed by atoms with Gasteiger partial charge in [-0.05, 0) is 72.1 Å². The molecule has 0 saturated carbocycles. The zero-order chi connectivity index (χ0) is 12.2. The van der Waals surface area contributed by atoms with Crippen molar-refractivity contribution in [2.24, 2.45) is 0 Å². The molecule has 2 nitrogen and oxygen atoms in total. The van der Waals surface area contributed by atoms with Crippen molar-refractivity contribution < 1.29 is 0 Å². The SMILES string of the molecule is Cc1cc(CCCCNC(C)(C)C)c(C)[nH]1. The number of aromatic nitrogens is 1. The molecule has 0 amide bonds. The fourth-order valence-corrected chi connectivity index (χ4v) is 1.95. The average molecular weight is 222 g/mol. The minimum atomic E-state index is 0.251. The van der Waals surface area contributed by atoms with Gasteiger partial charge in [-0.15, -0.1) is 0 Å². The maximum absolute atomic E-state index is 3.52. The number of aryl methyl sites for hydroxylation is 3. The van der Waals surface area contributed by atoms with Gasteiger partial charge in [0.25, 0.3) is 0 Å². The van der Waals surface area contributed by atoms with Gasteiger partial charge in [0.05, 0.1) is 0 Å². The molecule has 0 aromatic carbocycles. The topological polar surface area (TPSA) is 27.8 Å². The van der Waals surface area contributed by atoms with Crippen LogP contribution in [0.3, 0.4) is 0 Å². The number of nitrogens with one attached hydrogen (secondary N) is 2. The molecule has 0 unspecified atom stereocenters. The van der Waals surface area contributed by atoms with Crippen LogP contribution in [0.4, 0.5) is 0 Å². The number of aromatic amines is 1. The van der Waals surface area contributed by atoms with Crippen LogP contribution >= 0.6 is 0 Å². The molecule has 1 aromatic rings. The van der Waals surface area contributed by atoms with Crippen LogP contribution in [0.2, 0.25) is 0 Å². The smallest absolute Gasteiger partial charge is 0.0150 e. The highest BCUT2D eigenvalue weighted by Gasteiger charge is 2.07. The maximum Gasteiger partial charge on any atom is 0.0150 e. The number of hydrogen-bond donors (Lipinski definition) is 2. The number of unbranched alkanes of at least 4 members (excludes halogenated alkanes) is 1. The summed E-state index contributed by atoms with van der Waals surface area (Å²) in [6, 6.07) is 2.27. The summed E-state index contributed by atoms with van der Waals surface area (Å²) in [6.45, 7) is 12.0. The first-order valence-electron chi connectivity index (χ1n) is 6.28. The summed E-state index contributed by atoms with van der Waals surface area (Å²) in [5.74, 6) is 0. The summed E-state index contributed by atoms with van der Waals surface area (Å²) in [7, 11) is 0. The highest BCUT2D eigenvalue weighted by molar-refractivity contribution is 5.24. The third-order valence-electron chi connectivity index (χ3n) is 2.79. The number of hydrogen-bond acceptors (Lipinski definition) is 1. The molecule has 16 heavy (non-hydrogen) atoms. The summed E-state index contributed by atoms with van der Waals surface area (Å²) in [5, 5.41) is 3.52. The molecule has 0 saturated heterocycles. The van der Waals surface area contributed by atoms with Gasteiger partial charge in [-0.2, -0.15) is 0 Å². The lowest BCUT2D eigenvalue weighted by Crippen LogP contribution is -2.36. The molecule has 0 fully saturated rings. The van der Waals surface area contributed by atoms with E-state index in [1.807, 2.05) is 0 Å². The van der Waals surface area contributed by atoms with E-state index in [-0.39, 0.29) is 5.54 Å². The van der Waals surface area contributed by atoms with Gasteiger partial charge < -0.3 is 10.3 Å². The standard InChI is InChI=1S/C14H26N2/c1-11-10-13(12(2)16-11)8-6-7-9-15-14(3,4)5/h10,15-16H,6-9H2,1-5H3. The zero-order valence-electron chi connectivity index (χ0n) is 11.4. The van der Waals surface area contributed by atoms with Crippen molar-refractivity contribution in [2.45, 2.75) is 59.4 Å². The monoisotopic (exact) mass is 222 g/mol. The lowest BCUT2D eigenvalue weighted by atomic mass is 10.1. The van der Waals surface area contributed by atoms with Crippen LogP contribution < -0.4 is 5.32 Å². The fraction of sp³-hybridized carbons (Fsp3) is 0.714. The zero-order valence-corrected chi connectivity index (χ0v) is 11.4. The third-order valence-corrected chi connectivity index (χ3v) is 2.79. The second-order valence-electron chi connectivity index (χ2n) is 5.74. The number of rotatable bonds is 5. The maximum atomic E-state index is 3.52. The molecule has 0 atom stereocenters. The lowest BCUT2D eigenvalue weighted by Gasteiger charge is -2.20. The molecule has 2 heteroatoms. The van der Waals surface area contributed by atoms with Gasteiger partial charge in [0, 0.05) is 16.9 Å². The Hall–Kier alpha value is -0.760. The van der Waals surface area contributed by atoms with Crippen LogP contribution in [0.1, 0.15) is 50.6 Å². The van der Waals surface area contributed by atoms with Crippen molar-refractivity contribution in [3.63, 3.8) is 0 Å². The molecule has 0 bridgehead atoms. The lowest BCUT2D eigenvalue weighted by molar-refractivity contribution is 0.419. The summed E-state index contributed by atoms with van der Waals surface area (Å²) >= 11 is 0. The molecule has 1 heterocycles. The van der Waals surface area contributed by atoms with Crippen LogP contribution in [0.5, 0.6) is 0 Å². The van der Waals surface area contributed by atoms with Crippen LogP contribution in [0.25, 0.3) is 0 Å². The minimum absolute atomic E-state index is 0.251. The van der Waals surface area contributed by atoms with E-state index in [9.17, 15) is 0 Å². The Morgan fingerprint density at radius 2 is 1.88 bits per heavy atom. The van der Waals surface area contributed by atoms with E-state index < -0.39 is 0 Å². The Labute approximate surface area is 99.8 Å². The summed E-state index contributed by atoms with van der Waals surface area (Å²) in [4.78, 5) is 3.36. The number of H-pyrrole nitrogens is 1. The first-order valence-corrected chi connectivity index (χ1v) is 6.28. The Balaban J connectivity index is 2.19. The van der Waals surface area contributed by atoms with Gasteiger partial charge in [-0.1, -0.05) is 0 Å². The summed E-state index contributed by atoms with van der Waals surface area (Å²) < 4.78 is 0. The van der Waals surface area contributed by atoms with Crippen molar-refractivity contribution in [1.82, 2.24) is 10.3 Å². The van der Waals surface area contributed by atoms with E-state index in [2.05, 4.69) is 51.0 Å². The first kappa shape index (κ1) is 13.3. The van der Waals surface area contributed by atoms with Crippen molar-refractivity contribution in [1.29, 1.82) is 0 Å². The molecule has 2 N–H and O–H groups in total. The van der Waals surface area contributed by atoms with Gasteiger partial charge >= 0.3 is 0 Å². The van der Waals surface area contributed by atoms with Crippen molar-refractivity contribution >= 4 is 0 Å². The van der Waals surface area contributed by atoms with Crippen LogP contribution in [0.15, 0.2) is 6.07 Å². The molecule has 92 valence electrons.